The first-order chi connectivity index (χ1) is 11.6. The van der Waals surface area contributed by atoms with Crippen molar-refractivity contribution < 1.29 is 19.1 Å². The first kappa shape index (κ1) is 17.3. The lowest BCUT2D eigenvalue weighted by molar-refractivity contribution is -0.138. The van der Waals surface area contributed by atoms with Crippen LogP contribution >= 0.6 is 0 Å². The van der Waals surface area contributed by atoms with Crippen molar-refractivity contribution in [2.75, 3.05) is 13.2 Å². The van der Waals surface area contributed by atoms with E-state index in [0.29, 0.717) is 11.3 Å². The average Bonchev–Trinajstić information content (AvgIpc) is 2.59. The molecule has 2 aromatic rings. The Balaban J connectivity index is 1.84. The number of esters is 1. The summed E-state index contributed by atoms with van der Waals surface area (Å²) in [5, 5.41) is 2.52. The maximum absolute atomic E-state index is 11.7. The summed E-state index contributed by atoms with van der Waals surface area (Å²) in [5.41, 5.74) is 2.31. The molecular weight excluding hydrogens is 306 g/mol. The van der Waals surface area contributed by atoms with Crippen LogP contribution in [0.4, 0.5) is 4.79 Å². The van der Waals surface area contributed by atoms with E-state index in [1.54, 1.807) is 19.1 Å². The maximum atomic E-state index is 11.7. The molecule has 0 aliphatic carbocycles. The summed E-state index contributed by atoms with van der Waals surface area (Å²) in [7, 11) is 0. The molecule has 0 fully saturated rings. The molecule has 2 aromatic carbocycles. The number of carbonyl (C=O) groups is 2. The average molecular weight is 325 g/mol. The highest BCUT2D eigenvalue weighted by molar-refractivity contribution is 5.86. The quantitative estimate of drug-likeness (QED) is 0.501. The van der Waals surface area contributed by atoms with E-state index in [0.717, 1.165) is 11.1 Å². The van der Waals surface area contributed by atoms with Gasteiger partial charge in [0, 0.05) is 5.57 Å². The van der Waals surface area contributed by atoms with E-state index in [-0.39, 0.29) is 13.2 Å². The summed E-state index contributed by atoms with van der Waals surface area (Å²) >= 11 is 0. The van der Waals surface area contributed by atoms with Crippen molar-refractivity contribution in [2.24, 2.45) is 0 Å². The van der Waals surface area contributed by atoms with Crippen molar-refractivity contribution in [2.45, 2.75) is 6.92 Å². The molecule has 1 N–H and O–H groups in total. The molecule has 1 amide bonds. The second-order valence-corrected chi connectivity index (χ2v) is 5.13. The molecule has 24 heavy (non-hydrogen) atoms. The van der Waals surface area contributed by atoms with Gasteiger partial charge in [-0.1, -0.05) is 49.0 Å². The third-order valence-corrected chi connectivity index (χ3v) is 3.10. The predicted molar refractivity (Wildman–Crippen MR) is 91.7 cm³/mol. The van der Waals surface area contributed by atoms with Gasteiger partial charge in [0.2, 0.25) is 0 Å². The monoisotopic (exact) mass is 325 g/mol. The topological polar surface area (TPSA) is 64.6 Å². The summed E-state index contributed by atoms with van der Waals surface area (Å²) in [5.74, 6) is -0.0477. The van der Waals surface area contributed by atoms with Gasteiger partial charge in [0.15, 0.2) is 0 Å². The number of rotatable bonds is 6. The first-order valence-electron chi connectivity index (χ1n) is 7.50. The number of amides is 1. The molecule has 0 bridgehead atoms. The highest BCUT2D eigenvalue weighted by atomic mass is 16.6. The molecule has 0 saturated carbocycles. The van der Waals surface area contributed by atoms with Crippen LogP contribution in [0.3, 0.4) is 0 Å². The van der Waals surface area contributed by atoms with E-state index < -0.39 is 12.1 Å². The minimum absolute atomic E-state index is 0.0604. The number of carbonyl (C=O) groups excluding carboxylic acids is 2. The van der Waals surface area contributed by atoms with E-state index in [4.69, 9.17) is 9.47 Å². The predicted octanol–water partition coefficient (Wildman–Crippen LogP) is 3.56. The highest BCUT2D eigenvalue weighted by Crippen LogP contribution is 2.23. The molecular formula is C19H19NO4. The smallest absolute Gasteiger partial charge is 0.412 e. The van der Waals surface area contributed by atoms with Crippen molar-refractivity contribution in [3.05, 3.63) is 66.7 Å². The largest absolute Gasteiger partial charge is 0.460 e. The normalized spacial score (nSPS) is 9.88. The fraction of sp³-hybridized carbons (Fsp3) is 0.158. The van der Waals surface area contributed by atoms with Crippen LogP contribution in [0.25, 0.3) is 11.1 Å². The SMILES string of the molecule is C=C(C)C(=O)OCCNC(=O)Oc1cccc(-c2ccccc2)c1. The summed E-state index contributed by atoms with van der Waals surface area (Å²) in [6.07, 6.45) is -0.605. The number of nitrogens with one attached hydrogen (secondary N) is 1. The van der Waals surface area contributed by atoms with Gasteiger partial charge in [0.1, 0.15) is 12.4 Å². The number of benzene rings is 2. The van der Waals surface area contributed by atoms with Crippen LogP contribution in [-0.2, 0) is 9.53 Å². The van der Waals surface area contributed by atoms with Crippen LogP contribution in [0.15, 0.2) is 66.7 Å². The van der Waals surface area contributed by atoms with Gasteiger partial charge in [-0.15, -0.1) is 0 Å². The fourth-order valence-electron chi connectivity index (χ4n) is 1.93. The van der Waals surface area contributed by atoms with Gasteiger partial charge in [-0.2, -0.15) is 0 Å². The van der Waals surface area contributed by atoms with Crippen molar-refractivity contribution in [1.29, 1.82) is 0 Å². The summed E-state index contributed by atoms with van der Waals surface area (Å²) in [6.45, 7) is 5.25. The fourth-order valence-corrected chi connectivity index (χ4v) is 1.93. The molecule has 0 aliphatic rings. The third kappa shape index (κ3) is 5.28. The van der Waals surface area contributed by atoms with E-state index in [9.17, 15) is 9.59 Å². The molecule has 0 aromatic heterocycles. The van der Waals surface area contributed by atoms with E-state index in [2.05, 4.69) is 11.9 Å². The number of hydrogen-bond donors (Lipinski definition) is 1. The highest BCUT2D eigenvalue weighted by Gasteiger charge is 2.07. The zero-order valence-electron chi connectivity index (χ0n) is 13.5. The van der Waals surface area contributed by atoms with Crippen LogP contribution < -0.4 is 10.1 Å². The summed E-state index contributed by atoms with van der Waals surface area (Å²) in [4.78, 5) is 22.9. The summed E-state index contributed by atoms with van der Waals surface area (Å²) < 4.78 is 10.1. The molecule has 124 valence electrons. The molecule has 0 heterocycles. The minimum Gasteiger partial charge on any atom is -0.460 e. The first-order valence-corrected chi connectivity index (χ1v) is 7.50. The Morgan fingerprint density at radius 3 is 2.46 bits per heavy atom. The molecule has 0 atom stereocenters. The Hall–Kier alpha value is -3.08. The van der Waals surface area contributed by atoms with Crippen molar-refractivity contribution >= 4 is 12.1 Å². The molecule has 0 aliphatic heterocycles. The van der Waals surface area contributed by atoms with Gasteiger partial charge in [-0.3, -0.25) is 0 Å². The molecule has 2 rings (SSSR count). The second-order valence-electron chi connectivity index (χ2n) is 5.13. The zero-order chi connectivity index (χ0) is 17.4. The lowest BCUT2D eigenvalue weighted by Gasteiger charge is -2.09. The molecule has 0 spiro atoms. The number of hydrogen-bond acceptors (Lipinski definition) is 4. The molecule has 0 radical (unpaired) electrons. The van der Waals surface area contributed by atoms with Crippen molar-refractivity contribution in [1.82, 2.24) is 5.32 Å². The Kier molecular flexibility index (Phi) is 6.14. The lowest BCUT2D eigenvalue weighted by atomic mass is 10.1. The van der Waals surface area contributed by atoms with Crippen molar-refractivity contribution in [3.8, 4) is 16.9 Å². The molecule has 0 saturated heterocycles. The van der Waals surface area contributed by atoms with Gasteiger partial charge in [-0.05, 0) is 30.2 Å². The van der Waals surface area contributed by atoms with E-state index in [1.165, 1.54) is 0 Å². The van der Waals surface area contributed by atoms with Crippen LogP contribution in [0.5, 0.6) is 5.75 Å². The molecule has 5 heteroatoms. The Morgan fingerprint density at radius 1 is 1.04 bits per heavy atom. The van der Waals surface area contributed by atoms with E-state index >= 15 is 0 Å². The standard InChI is InChI=1S/C19H19NO4/c1-14(2)18(21)23-12-11-20-19(22)24-17-10-6-9-16(13-17)15-7-4-3-5-8-15/h3-10,13H,1,11-12H2,2H3,(H,20,22). The Morgan fingerprint density at radius 2 is 1.75 bits per heavy atom. The van der Waals surface area contributed by atoms with Crippen LogP contribution in [-0.4, -0.2) is 25.2 Å². The van der Waals surface area contributed by atoms with Gasteiger partial charge >= 0.3 is 12.1 Å². The summed E-state index contributed by atoms with van der Waals surface area (Å²) in [6, 6.07) is 17.0. The van der Waals surface area contributed by atoms with Crippen LogP contribution in [0.1, 0.15) is 6.92 Å². The van der Waals surface area contributed by atoms with Crippen LogP contribution in [0.2, 0.25) is 0 Å². The Labute approximate surface area is 140 Å². The van der Waals surface area contributed by atoms with Gasteiger partial charge < -0.3 is 14.8 Å². The zero-order valence-corrected chi connectivity index (χ0v) is 13.5. The maximum Gasteiger partial charge on any atom is 0.412 e. The minimum atomic E-state index is -0.605. The number of ether oxygens (including phenoxy) is 2. The van der Waals surface area contributed by atoms with Gasteiger partial charge in [0.05, 0.1) is 6.54 Å². The van der Waals surface area contributed by atoms with E-state index in [1.807, 2.05) is 42.5 Å². The lowest BCUT2D eigenvalue weighted by Crippen LogP contribution is -2.30. The molecule has 5 nitrogen and oxygen atoms in total. The van der Waals surface area contributed by atoms with Crippen LogP contribution in [0, 0.1) is 0 Å². The Bertz CT molecular complexity index is 725. The van der Waals surface area contributed by atoms with Crippen molar-refractivity contribution in [3.63, 3.8) is 0 Å². The second kappa shape index (κ2) is 8.53. The van der Waals surface area contributed by atoms with Gasteiger partial charge in [-0.25, -0.2) is 9.59 Å². The van der Waals surface area contributed by atoms with Gasteiger partial charge in [0.25, 0.3) is 0 Å². The molecule has 0 unspecified atom stereocenters. The third-order valence-electron chi connectivity index (χ3n) is 3.10.